The quantitative estimate of drug-likeness (QED) is 0.599. The highest BCUT2D eigenvalue weighted by Crippen LogP contribution is 2.01. The summed E-state index contributed by atoms with van der Waals surface area (Å²) in [6.45, 7) is 5.92. The lowest BCUT2D eigenvalue weighted by atomic mass is 10.2. The molecule has 0 aromatic rings. The second kappa shape index (κ2) is 4.74. The van der Waals surface area contributed by atoms with E-state index in [1.165, 1.54) is 0 Å². The fraction of sp³-hybridized carbons (Fsp3) is 0.714. The minimum atomic E-state index is 0.277. The van der Waals surface area contributed by atoms with Gasteiger partial charge in [0.25, 0.3) is 0 Å². The number of ether oxygens (including phenoxy) is 1. The maximum absolute atomic E-state index is 5.12. The highest BCUT2D eigenvalue weighted by Gasteiger charge is 2.04. The summed E-state index contributed by atoms with van der Waals surface area (Å²) in [6, 6.07) is 0. The first-order valence-corrected chi connectivity index (χ1v) is 4.14. The molecule has 0 fully saturated rings. The van der Waals surface area contributed by atoms with Crippen molar-refractivity contribution in [3.63, 3.8) is 0 Å². The Labute approximate surface area is 72.8 Å². The fourth-order valence-corrected chi connectivity index (χ4v) is 0.545. The van der Waals surface area contributed by atoms with Crippen molar-refractivity contribution in [2.75, 3.05) is 0 Å². The molecule has 0 aliphatic carbocycles. The second-order valence-corrected chi connectivity index (χ2v) is 3.16. The Morgan fingerprint density at radius 3 is 2.20 bits per heavy atom. The summed E-state index contributed by atoms with van der Waals surface area (Å²) >= 11 is 9.75. The zero-order chi connectivity index (χ0) is 8.15. The molecule has 0 rings (SSSR count). The van der Waals surface area contributed by atoms with Crippen LogP contribution in [0.15, 0.2) is 0 Å². The van der Waals surface area contributed by atoms with Crippen LogP contribution in [0.1, 0.15) is 27.2 Å². The van der Waals surface area contributed by atoms with Gasteiger partial charge in [0.1, 0.15) is 0 Å². The van der Waals surface area contributed by atoms with Crippen LogP contribution in [0.5, 0.6) is 0 Å². The Bertz CT molecular complexity index is 141. The molecule has 0 aromatic carbocycles. The Kier molecular flexibility index (Phi) is 4.73. The largest absolute Gasteiger partial charge is 0.443 e. The van der Waals surface area contributed by atoms with Gasteiger partial charge in [0.15, 0.2) is 10.1 Å². The minimum Gasteiger partial charge on any atom is -0.443 e. The van der Waals surface area contributed by atoms with Crippen LogP contribution in [0.3, 0.4) is 0 Å². The molecule has 0 bridgehead atoms. The third kappa shape index (κ3) is 3.90. The van der Waals surface area contributed by atoms with Gasteiger partial charge in [-0.2, -0.15) is 0 Å². The summed E-state index contributed by atoms with van der Waals surface area (Å²) in [7, 11) is 0. The minimum absolute atomic E-state index is 0.277. The van der Waals surface area contributed by atoms with Gasteiger partial charge in [-0.1, -0.05) is 20.8 Å². The van der Waals surface area contributed by atoms with Crippen molar-refractivity contribution < 1.29 is 4.74 Å². The molecule has 0 saturated heterocycles. The van der Waals surface area contributed by atoms with Gasteiger partial charge in [-0.15, -0.1) is 0 Å². The standard InChI is InChI=1S/C7H12OS2/c1-4-6(9)8-7(10)5(2)3/h5H,4H2,1-3H3. The highest BCUT2D eigenvalue weighted by molar-refractivity contribution is 7.81. The maximum atomic E-state index is 5.12. The molecular weight excluding hydrogens is 164 g/mol. The van der Waals surface area contributed by atoms with E-state index < -0.39 is 0 Å². The molecule has 0 radical (unpaired) electrons. The first kappa shape index (κ1) is 9.98. The molecule has 0 aromatic heterocycles. The molecule has 3 heteroatoms. The van der Waals surface area contributed by atoms with Gasteiger partial charge in [0.2, 0.25) is 0 Å². The molecule has 0 aliphatic rings. The second-order valence-electron chi connectivity index (χ2n) is 2.30. The van der Waals surface area contributed by atoms with Crippen molar-refractivity contribution in [3.8, 4) is 0 Å². The van der Waals surface area contributed by atoms with E-state index in [1.807, 2.05) is 20.8 Å². The molecule has 10 heavy (non-hydrogen) atoms. The predicted molar refractivity (Wildman–Crippen MR) is 51.4 cm³/mol. The number of hydrogen-bond acceptors (Lipinski definition) is 3. The predicted octanol–water partition coefficient (Wildman–Crippen LogP) is 2.72. The van der Waals surface area contributed by atoms with Crippen LogP contribution in [-0.4, -0.2) is 10.1 Å². The van der Waals surface area contributed by atoms with E-state index in [1.54, 1.807) is 0 Å². The first-order chi connectivity index (χ1) is 4.57. The Hall–Kier alpha value is -0.0200. The Morgan fingerprint density at radius 2 is 1.90 bits per heavy atom. The van der Waals surface area contributed by atoms with E-state index in [0.29, 0.717) is 10.1 Å². The molecule has 0 saturated carbocycles. The lowest BCUT2D eigenvalue weighted by Crippen LogP contribution is -2.12. The first-order valence-electron chi connectivity index (χ1n) is 3.32. The summed E-state index contributed by atoms with van der Waals surface area (Å²) in [5, 5.41) is 1.17. The highest BCUT2D eigenvalue weighted by atomic mass is 32.1. The molecule has 0 aliphatic heterocycles. The van der Waals surface area contributed by atoms with Crippen LogP contribution < -0.4 is 0 Å². The summed E-state index contributed by atoms with van der Waals surface area (Å²) in [6.07, 6.45) is 0.752. The molecule has 0 amide bonds. The lowest BCUT2D eigenvalue weighted by molar-refractivity contribution is 0.517. The summed E-state index contributed by atoms with van der Waals surface area (Å²) in [5.74, 6) is 0.277. The van der Waals surface area contributed by atoms with Crippen LogP contribution in [0.4, 0.5) is 0 Å². The molecule has 0 spiro atoms. The number of hydrogen-bond donors (Lipinski definition) is 0. The van der Waals surface area contributed by atoms with Crippen molar-refractivity contribution in [1.29, 1.82) is 0 Å². The van der Waals surface area contributed by atoms with Gasteiger partial charge in [-0.25, -0.2) is 0 Å². The summed E-state index contributed by atoms with van der Waals surface area (Å²) in [5.41, 5.74) is 0. The smallest absolute Gasteiger partial charge is 0.170 e. The van der Waals surface area contributed by atoms with E-state index in [2.05, 4.69) is 0 Å². The zero-order valence-corrected chi connectivity index (χ0v) is 8.14. The Morgan fingerprint density at radius 1 is 1.40 bits per heavy atom. The molecule has 0 atom stereocenters. The third-order valence-electron chi connectivity index (χ3n) is 0.975. The van der Waals surface area contributed by atoms with Crippen molar-refractivity contribution in [3.05, 3.63) is 0 Å². The number of thiocarbonyl (C=S) groups is 2. The molecule has 0 unspecified atom stereocenters. The van der Waals surface area contributed by atoms with Crippen LogP contribution in [0.2, 0.25) is 0 Å². The van der Waals surface area contributed by atoms with Gasteiger partial charge < -0.3 is 4.74 Å². The molecule has 0 heterocycles. The lowest BCUT2D eigenvalue weighted by Gasteiger charge is -2.08. The molecule has 0 N–H and O–H groups in total. The average Bonchev–Trinajstić information content (AvgIpc) is 1.87. The van der Waals surface area contributed by atoms with Crippen LogP contribution in [0.25, 0.3) is 0 Å². The monoisotopic (exact) mass is 176 g/mol. The van der Waals surface area contributed by atoms with Crippen molar-refractivity contribution >= 4 is 34.5 Å². The van der Waals surface area contributed by atoms with Gasteiger partial charge in [0.05, 0.1) is 0 Å². The van der Waals surface area contributed by atoms with Gasteiger partial charge in [0, 0.05) is 12.3 Å². The van der Waals surface area contributed by atoms with Crippen molar-refractivity contribution in [1.82, 2.24) is 0 Å². The fourth-order valence-electron chi connectivity index (χ4n) is 0.302. The SMILES string of the molecule is CCC(=S)OC(=S)C(C)C. The van der Waals surface area contributed by atoms with Gasteiger partial charge in [-0.3, -0.25) is 0 Å². The van der Waals surface area contributed by atoms with E-state index in [4.69, 9.17) is 29.2 Å². The van der Waals surface area contributed by atoms with Gasteiger partial charge in [-0.05, 0) is 24.4 Å². The summed E-state index contributed by atoms with van der Waals surface area (Å²) < 4.78 is 5.12. The maximum Gasteiger partial charge on any atom is 0.170 e. The van der Waals surface area contributed by atoms with E-state index in [9.17, 15) is 0 Å². The van der Waals surface area contributed by atoms with Crippen molar-refractivity contribution in [2.45, 2.75) is 27.2 Å². The van der Waals surface area contributed by atoms with Crippen LogP contribution in [-0.2, 0) is 4.74 Å². The zero-order valence-electron chi connectivity index (χ0n) is 6.51. The van der Waals surface area contributed by atoms with E-state index in [-0.39, 0.29) is 5.92 Å². The Balaban J connectivity index is 3.69. The number of rotatable bonds is 2. The van der Waals surface area contributed by atoms with Gasteiger partial charge >= 0.3 is 0 Å². The third-order valence-corrected chi connectivity index (χ3v) is 1.90. The molecule has 1 nitrogen and oxygen atoms in total. The van der Waals surface area contributed by atoms with Crippen LogP contribution >= 0.6 is 24.4 Å². The average molecular weight is 176 g/mol. The van der Waals surface area contributed by atoms with Crippen LogP contribution in [0, 0.1) is 5.92 Å². The normalized spacial score (nSPS) is 9.60. The molecular formula is C7H12OS2. The van der Waals surface area contributed by atoms with E-state index in [0.717, 1.165) is 6.42 Å². The summed E-state index contributed by atoms with van der Waals surface area (Å²) in [4.78, 5) is 0. The van der Waals surface area contributed by atoms with Crippen molar-refractivity contribution in [2.24, 2.45) is 5.92 Å². The molecule has 58 valence electrons. The topological polar surface area (TPSA) is 9.23 Å². The van der Waals surface area contributed by atoms with E-state index >= 15 is 0 Å².